The highest BCUT2D eigenvalue weighted by Gasteiger charge is 2.19. The average Bonchev–Trinajstić information content (AvgIpc) is 3.57. The lowest BCUT2D eigenvalue weighted by Gasteiger charge is -2.11. The summed E-state index contributed by atoms with van der Waals surface area (Å²) in [5, 5.41) is 6.74. The molecule has 3 heterocycles. The maximum atomic E-state index is 13.5. The van der Waals surface area contributed by atoms with E-state index in [-0.39, 0.29) is 5.63 Å². The van der Waals surface area contributed by atoms with Crippen LogP contribution in [0.15, 0.2) is 141 Å². The minimum Gasteiger partial charge on any atom is -0.455 e. The molecule has 0 fully saturated rings. The molecule has 0 spiro atoms. The lowest BCUT2D eigenvalue weighted by molar-refractivity contribution is 0.570. The summed E-state index contributed by atoms with van der Waals surface area (Å²) in [7, 11) is 0. The number of hydrogen-bond donors (Lipinski definition) is 0. The third-order valence-corrected chi connectivity index (χ3v) is 8.26. The van der Waals surface area contributed by atoms with Crippen LogP contribution >= 0.6 is 0 Å². The Morgan fingerprint density at radius 1 is 0.488 bits per heavy atom. The quantitative estimate of drug-likeness (QED) is 0.166. The molecule has 0 saturated heterocycles. The predicted molar refractivity (Wildman–Crippen MR) is 167 cm³/mol. The van der Waals surface area contributed by atoms with Gasteiger partial charge in [0.25, 0.3) is 0 Å². The molecule has 0 amide bonds. The summed E-state index contributed by atoms with van der Waals surface area (Å²) in [5.74, 6) is 0. The molecule has 9 rings (SSSR count). The van der Waals surface area contributed by atoms with Gasteiger partial charge in [0.2, 0.25) is 0 Å². The maximum Gasteiger partial charge on any atom is 0.346 e. The van der Waals surface area contributed by atoms with E-state index in [1.165, 1.54) is 0 Å². The van der Waals surface area contributed by atoms with E-state index in [4.69, 9.17) is 8.83 Å². The smallest absolute Gasteiger partial charge is 0.346 e. The van der Waals surface area contributed by atoms with Gasteiger partial charge in [0.05, 0.1) is 16.4 Å². The molecule has 0 atom stereocenters. The fourth-order valence-corrected chi connectivity index (χ4v) is 6.45. The SMILES string of the molecule is O=c1oc2ccccc2c2ccc3c4ccccc4n(-c4ccc(-c5cccc6c5oc5ccccc56)cc4)c3c12. The maximum absolute atomic E-state index is 13.5. The van der Waals surface area contributed by atoms with Gasteiger partial charge in [-0.3, -0.25) is 0 Å². The van der Waals surface area contributed by atoms with Crippen LogP contribution in [0.2, 0.25) is 0 Å². The molecule has 0 N–H and O–H groups in total. The fourth-order valence-electron chi connectivity index (χ4n) is 6.45. The van der Waals surface area contributed by atoms with Crippen LogP contribution in [-0.4, -0.2) is 4.57 Å². The summed E-state index contributed by atoms with van der Waals surface area (Å²) in [6.45, 7) is 0. The number of benzene rings is 6. The van der Waals surface area contributed by atoms with Gasteiger partial charge < -0.3 is 13.4 Å². The highest BCUT2D eigenvalue weighted by Crippen LogP contribution is 2.39. The fraction of sp³-hybridized carbons (Fsp3) is 0. The Morgan fingerprint density at radius 2 is 1.12 bits per heavy atom. The van der Waals surface area contributed by atoms with Crippen LogP contribution < -0.4 is 5.63 Å². The van der Waals surface area contributed by atoms with Crippen molar-refractivity contribution in [3.05, 3.63) is 138 Å². The van der Waals surface area contributed by atoms with Gasteiger partial charge in [-0.2, -0.15) is 0 Å². The first kappa shape index (κ1) is 22.2. The van der Waals surface area contributed by atoms with Gasteiger partial charge in [0, 0.05) is 43.6 Å². The molecule has 4 heteroatoms. The second kappa shape index (κ2) is 8.20. The summed E-state index contributed by atoms with van der Waals surface area (Å²) in [5.41, 5.74) is 7.00. The first-order chi connectivity index (χ1) is 20.3. The summed E-state index contributed by atoms with van der Waals surface area (Å²) >= 11 is 0. The molecule has 0 aliphatic rings. The van der Waals surface area contributed by atoms with Crippen molar-refractivity contribution in [1.29, 1.82) is 0 Å². The van der Waals surface area contributed by atoms with Crippen molar-refractivity contribution < 1.29 is 8.83 Å². The van der Waals surface area contributed by atoms with Crippen LogP contribution in [0.25, 0.3) is 82.3 Å². The number of furan rings is 1. The van der Waals surface area contributed by atoms with Crippen LogP contribution in [0.5, 0.6) is 0 Å². The Kier molecular flexibility index (Phi) is 4.44. The van der Waals surface area contributed by atoms with Crippen LogP contribution in [0.3, 0.4) is 0 Å². The lowest BCUT2D eigenvalue weighted by Crippen LogP contribution is -2.03. The van der Waals surface area contributed by atoms with E-state index < -0.39 is 0 Å². The largest absolute Gasteiger partial charge is 0.455 e. The third-order valence-electron chi connectivity index (χ3n) is 8.26. The number of para-hydroxylation sites is 4. The van der Waals surface area contributed by atoms with Gasteiger partial charge in [0.1, 0.15) is 16.7 Å². The van der Waals surface area contributed by atoms with Gasteiger partial charge in [0.15, 0.2) is 0 Å². The van der Waals surface area contributed by atoms with E-state index in [9.17, 15) is 4.79 Å². The van der Waals surface area contributed by atoms with E-state index in [1.54, 1.807) is 0 Å². The number of aromatic nitrogens is 1. The first-order valence-corrected chi connectivity index (χ1v) is 13.6. The van der Waals surface area contributed by atoms with Gasteiger partial charge in [-0.05, 0) is 35.9 Å². The average molecular weight is 528 g/mol. The summed E-state index contributed by atoms with van der Waals surface area (Å²) in [4.78, 5) is 13.5. The Labute approximate surface area is 233 Å². The lowest BCUT2D eigenvalue weighted by atomic mass is 10.0. The van der Waals surface area contributed by atoms with Crippen LogP contribution in [0, 0.1) is 0 Å². The van der Waals surface area contributed by atoms with Crippen molar-refractivity contribution in [2.24, 2.45) is 0 Å². The minimum atomic E-state index is -0.332. The van der Waals surface area contributed by atoms with Crippen LogP contribution in [0.4, 0.5) is 0 Å². The van der Waals surface area contributed by atoms with Crippen LogP contribution in [-0.2, 0) is 0 Å². The minimum absolute atomic E-state index is 0.332. The third kappa shape index (κ3) is 3.07. The number of fused-ring (bicyclic) bond motifs is 10. The highest BCUT2D eigenvalue weighted by atomic mass is 16.4. The van der Waals surface area contributed by atoms with Crippen LogP contribution in [0.1, 0.15) is 0 Å². The van der Waals surface area contributed by atoms with E-state index in [0.717, 1.165) is 71.3 Å². The molecule has 0 aliphatic heterocycles. The Morgan fingerprint density at radius 3 is 1.93 bits per heavy atom. The van der Waals surface area contributed by atoms with Crippen molar-refractivity contribution in [2.75, 3.05) is 0 Å². The van der Waals surface area contributed by atoms with E-state index >= 15 is 0 Å². The topological polar surface area (TPSA) is 48.3 Å². The molecule has 0 saturated carbocycles. The predicted octanol–water partition coefficient (Wildman–Crippen LogP) is 9.61. The summed E-state index contributed by atoms with van der Waals surface area (Å²) < 4.78 is 14.3. The van der Waals surface area contributed by atoms with Crippen molar-refractivity contribution >= 4 is 65.5 Å². The highest BCUT2D eigenvalue weighted by molar-refractivity contribution is 6.22. The summed E-state index contributed by atoms with van der Waals surface area (Å²) in [6, 6.07) is 43.1. The second-order valence-corrected chi connectivity index (χ2v) is 10.4. The van der Waals surface area contributed by atoms with Gasteiger partial charge in [-0.1, -0.05) is 97.1 Å². The normalized spacial score (nSPS) is 12.0. The molecule has 41 heavy (non-hydrogen) atoms. The zero-order chi connectivity index (χ0) is 27.1. The standard InChI is InChI=1S/C37H21NO3/c39-37-34-28(26-9-2-6-15-33(26)41-37)20-21-29-25-8-1-4-13-31(25)38(35(29)34)23-18-16-22(17-19-23)24-11-7-12-30-27-10-3-5-14-32(27)40-36(24)30/h1-21H. The van der Waals surface area contributed by atoms with E-state index in [0.29, 0.717) is 11.0 Å². The van der Waals surface area contributed by atoms with Crippen molar-refractivity contribution in [2.45, 2.75) is 0 Å². The Balaban J connectivity index is 1.32. The van der Waals surface area contributed by atoms with Crippen molar-refractivity contribution in [1.82, 2.24) is 4.57 Å². The molecular formula is C37H21NO3. The molecule has 9 aromatic rings. The molecule has 0 radical (unpaired) electrons. The second-order valence-electron chi connectivity index (χ2n) is 10.4. The molecule has 0 bridgehead atoms. The van der Waals surface area contributed by atoms with E-state index in [1.807, 2.05) is 60.7 Å². The molecule has 3 aromatic heterocycles. The Hall–Kier alpha value is -5.61. The Bertz CT molecular complexity index is 2550. The zero-order valence-electron chi connectivity index (χ0n) is 21.8. The molecule has 192 valence electrons. The molecule has 4 nitrogen and oxygen atoms in total. The molecular weight excluding hydrogens is 506 g/mol. The first-order valence-electron chi connectivity index (χ1n) is 13.6. The monoisotopic (exact) mass is 527 g/mol. The number of rotatable bonds is 2. The van der Waals surface area contributed by atoms with Gasteiger partial charge in [-0.15, -0.1) is 0 Å². The molecule has 0 aliphatic carbocycles. The number of nitrogens with zero attached hydrogens (tertiary/aromatic N) is 1. The number of hydrogen-bond acceptors (Lipinski definition) is 3. The van der Waals surface area contributed by atoms with Crippen molar-refractivity contribution in [3.8, 4) is 16.8 Å². The zero-order valence-corrected chi connectivity index (χ0v) is 21.8. The molecule has 0 unspecified atom stereocenters. The van der Waals surface area contributed by atoms with Gasteiger partial charge >= 0.3 is 5.63 Å². The molecule has 6 aromatic carbocycles. The van der Waals surface area contributed by atoms with Crippen molar-refractivity contribution in [3.63, 3.8) is 0 Å². The summed E-state index contributed by atoms with van der Waals surface area (Å²) in [6.07, 6.45) is 0. The van der Waals surface area contributed by atoms with E-state index in [2.05, 4.69) is 71.3 Å². The van der Waals surface area contributed by atoms with Gasteiger partial charge in [-0.25, -0.2) is 4.79 Å².